The number of rotatable bonds is 3. The minimum absolute atomic E-state index is 0.422. The molecular formula is C10H10BrFO2. The number of hydrogen-bond donors (Lipinski definition) is 1. The van der Waals surface area contributed by atoms with Crippen molar-refractivity contribution in [1.82, 2.24) is 0 Å². The van der Waals surface area contributed by atoms with Gasteiger partial charge < -0.3 is 5.11 Å². The molecule has 0 aliphatic carbocycles. The highest BCUT2D eigenvalue weighted by molar-refractivity contribution is 9.10. The Bertz CT molecular complexity index is 332. The number of carboxylic acids is 1. The Morgan fingerprint density at radius 3 is 2.64 bits per heavy atom. The fraction of sp³-hybridized carbons (Fsp3) is 0.300. The zero-order chi connectivity index (χ0) is 10.7. The molecule has 1 rings (SSSR count). The number of benzene rings is 1. The van der Waals surface area contributed by atoms with E-state index in [-0.39, 0.29) is 0 Å². The maximum absolute atomic E-state index is 13.0. The minimum atomic E-state index is -0.926. The van der Waals surface area contributed by atoms with Crippen LogP contribution in [0.2, 0.25) is 0 Å². The van der Waals surface area contributed by atoms with E-state index in [2.05, 4.69) is 15.9 Å². The van der Waals surface area contributed by atoms with Gasteiger partial charge in [0.25, 0.3) is 0 Å². The van der Waals surface area contributed by atoms with Crippen LogP contribution >= 0.6 is 15.9 Å². The lowest BCUT2D eigenvalue weighted by Crippen LogP contribution is -2.10. The third kappa shape index (κ3) is 2.54. The molecule has 76 valence electrons. The zero-order valence-corrected chi connectivity index (χ0v) is 9.21. The highest BCUT2D eigenvalue weighted by atomic mass is 79.9. The maximum atomic E-state index is 13.0. The Hall–Kier alpha value is -0.900. The van der Waals surface area contributed by atoms with E-state index in [9.17, 15) is 9.18 Å². The lowest BCUT2D eigenvalue weighted by molar-refractivity contribution is -0.138. The topological polar surface area (TPSA) is 37.3 Å². The molecule has 1 N–H and O–H groups in total. The van der Waals surface area contributed by atoms with E-state index in [0.717, 1.165) is 0 Å². The van der Waals surface area contributed by atoms with Crippen LogP contribution in [0, 0.1) is 5.82 Å². The van der Waals surface area contributed by atoms with Crippen molar-refractivity contribution in [3.63, 3.8) is 0 Å². The first-order chi connectivity index (χ1) is 6.54. The van der Waals surface area contributed by atoms with E-state index >= 15 is 0 Å². The van der Waals surface area contributed by atoms with Gasteiger partial charge in [0.2, 0.25) is 0 Å². The molecule has 1 aromatic rings. The smallest absolute Gasteiger partial charge is 0.310 e. The molecule has 0 saturated carbocycles. The summed E-state index contributed by atoms with van der Waals surface area (Å²) < 4.78 is 13.5. The van der Waals surface area contributed by atoms with Crippen LogP contribution in [0.15, 0.2) is 22.7 Å². The van der Waals surface area contributed by atoms with Gasteiger partial charge in [0, 0.05) is 4.47 Å². The minimum Gasteiger partial charge on any atom is -0.481 e. The van der Waals surface area contributed by atoms with Crippen molar-refractivity contribution in [2.45, 2.75) is 19.3 Å². The Labute approximate surface area is 89.9 Å². The van der Waals surface area contributed by atoms with Gasteiger partial charge in [-0.3, -0.25) is 4.79 Å². The predicted octanol–water partition coefficient (Wildman–Crippen LogP) is 3.17. The number of carboxylic acid groups (broad SMARTS) is 1. The summed E-state index contributed by atoms with van der Waals surface area (Å²) in [6, 6.07) is 4.19. The van der Waals surface area contributed by atoms with Crippen molar-refractivity contribution in [2.24, 2.45) is 0 Å². The van der Waals surface area contributed by atoms with Crippen LogP contribution in [0.3, 0.4) is 0 Å². The molecule has 2 nitrogen and oxygen atoms in total. The van der Waals surface area contributed by atoms with Crippen LogP contribution in [0.1, 0.15) is 24.8 Å². The van der Waals surface area contributed by atoms with Gasteiger partial charge in [-0.1, -0.05) is 22.9 Å². The van der Waals surface area contributed by atoms with Gasteiger partial charge in [-0.15, -0.1) is 0 Å². The number of aliphatic carboxylic acids is 1. The lowest BCUT2D eigenvalue weighted by atomic mass is 9.97. The number of hydrogen-bond acceptors (Lipinski definition) is 1. The van der Waals surface area contributed by atoms with E-state index in [0.29, 0.717) is 16.5 Å². The van der Waals surface area contributed by atoms with Crippen LogP contribution in [0.5, 0.6) is 0 Å². The molecule has 0 fully saturated rings. The predicted molar refractivity (Wildman–Crippen MR) is 54.8 cm³/mol. The van der Waals surface area contributed by atoms with Gasteiger partial charge >= 0.3 is 5.97 Å². The second-order valence-electron chi connectivity index (χ2n) is 3.00. The fourth-order valence-electron chi connectivity index (χ4n) is 1.33. The second kappa shape index (κ2) is 4.55. The first-order valence-corrected chi connectivity index (χ1v) is 5.02. The Balaban J connectivity index is 3.10. The number of carbonyl (C=O) groups is 1. The largest absolute Gasteiger partial charge is 0.481 e. The van der Waals surface area contributed by atoms with Gasteiger partial charge in [-0.05, 0) is 30.2 Å². The Morgan fingerprint density at radius 2 is 2.21 bits per heavy atom. The average Bonchev–Trinajstić information content (AvgIpc) is 2.02. The van der Waals surface area contributed by atoms with E-state index in [1.807, 2.05) is 0 Å². The lowest BCUT2D eigenvalue weighted by Gasteiger charge is -2.10. The molecule has 1 aromatic carbocycles. The fourth-order valence-corrected chi connectivity index (χ4v) is 1.81. The molecule has 0 amide bonds. The molecule has 0 saturated heterocycles. The van der Waals surface area contributed by atoms with Crippen LogP contribution in [-0.2, 0) is 4.79 Å². The molecule has 0 radical (unpaired) electrons. The Morgan fingerprint density at radius 1 is 1.57 bits per heavy atom. The molecule has 0 aromatic heterocycles. The summed E-state index contributed by atoms with van der Waals surface area (Å²) in [6.07, 6.45) is 0.450. The van der Waals surface area contributed by atoms with E-state index in [4.69, 9.17) is 5.11 Å². The standard InChI is InChI=1S/C10H10BrFO2/c1-2-9(10(13)14)6-3-7(11)5-8(12)4-6/h3-5,9H,2H2,1H3,(H,13,14). The van der Waals surface area contributed by atoms with E-state index < -0.39 is 17.7 Å². The van der Waals surface area contributed by atoms with Crippen LogP contribution < -0.4 is 0 Å². The Kier molecular flexibility index (Phi) is 3.63. The van der Waals surface area contributed by atoms with Gasteiger partial charge in [0.15, 0.2) is 0 Å². The summed E-state index contributed by atoms with van der Waals surface area (Å²) in [6.45, 7) is 1.76. The van der Waals surface area contributed by atoms with Crippen LogP contribution in [0.4, 0.5) is 4.39 Å². The highest BCUT2D eigenvalue weighted by Gasteiger charge is 2.18. The zero-order valence-electron chi connectivity index (χ0n) is 7.63. The SMILES string of the molecule is CCC(C(=O)O)c1cc(F)cc(Br)c1. The van der Waals surface area contributed by atoms with Crippen molar-refractivity contribution >= 4 is 21.9 Å². The van der Waals surface area contributed by atoms with Crippen molar-refractivity contribution < 1.29 is 14.3 Å². The molecule has 14 heavy (non-hydrogen) atoms. The molecule has 0 aliphatic rings. The molecule has 0 spiro atoms. The second-order valence-corrected chi connectivity index (χ2v) is 3.92. The van der Waals surface area contributed by atoms with E-state index in [1.165, 1.54) is 12.1 Å². The van der Waals surface area contributed by atoms with Crippen LogP contribution in [0.25, 0.3) is 0 Å². The van der Waals surface area contributed by atoms with E-state index in [1.54, 1.807) is 13.0 Å². The van der Waals surface area contributed by atoms with Gasteiger partial charge in [-0.25, -0.2) is 4.39 Å². The molecule has 0 aliphatic heterocycles. The molecule has 1 unspecified atom stereocenters. The summed E-state index contributed by atoms with van der Waals surface area (Å²) in [5.41, 5.74) is 0.492. The molecular weight excluding hydrogens is 251 g/mol. The molecule has 1 atom stereocenters. The van der Waals surface area contributed by atoms with Crippen LogP contribution in [-0.4, -0.2) is 11.1 Å². The summed E-state index contributed by atoms with van der Waals surface area (Å²) in [5, 5.41) is 8.87. The first-order valence-electron chi connectivity index (χ1n) is 4.23. The summed E-state index contributed by atoms with van der Waals surface area (Å²) in [7, 11) is 0. The molecule has 0 heterocycles. The third-order valence-corrected chi connectivity index (χ3v) is 2.45. The number of halogens is 2. The van der Waals surface area contributed by atoms with Crippen molar-refractivity contribution in [3.05, 3.63) is 34.1 Å². The molecule has 4 heteroatoms. The normalized spacial score (nSPS) is 12.5. The first kappa shape index (κ1) is 11.2. The third-order valence-electron chi connectivity index (χ3n) is 1.99. The van der Waals surface area contributed by atoms with Gasteiger partial charge in [0.1, 0.15) is 5.82 Å². The highest BCUT2D eigenvalue weighted by Crippen LogP contribution is 2.24. The summed E-state index contributed by atoms with van der Waals surface area (Å²) >= 11 is 3.13. The monoisotopic (exact) mass is 260 g/mol. The quantitative estimate of drug-likeness (QED) is 0.907. The average molecular weight is 261 g/mol. The van der Waals surface area contributed by atoms with Gasteiger partial charge in [-0.2, -0.15) is 0 Å². The summed E-state index contributed by atoms with van der Waals surface area (Å²) in [4.78, 5) is 10.8. The maximum Gasteiger partial charge on any atom is 0.310 e. The van der Waals surface area contributed by atoms with Crippen molar-refractivity contribution in [3.8, 4) is 0 Å². The van der Waals surface area contributed by atoms with Crippen molar-refractivity contribution in [1.29, 1.82) is 0 Å². The van der Waals surface area contributed by atoms with Crippen molar-refractivity contribution in [2.75, 3.05) is 0 Å². The summed E-state index contributed by atoms with van der Waals surface area (Å²) in [5.74, 6) is -1.99. The van der Waals surface area contributed by atoms with Gasteiger partial charge in [0.05, 0.1) is 5.92 Å². The molecule has 0 bridgehead atoms.